The number of nitrogens with one attached hydrogen (secondary N) is 2. The molecule has 0 bridgehead atoms. The molecule has 0 radical (unpaired) electrons. The number of hydrogen-bond donors (Lipinski definition) is 2. The van der Waals surface area contributed by atoms with Gasteiger partial charge in [0.2, 0.25) is 5.91 Å². The van der Waals surface area contributed by atoms with Crippen LogP contribution in [0, 0.1) is 0 Å². The van der Waals surface area contributed by atoms with E-state index in [2.05, 4.69) is 22.1 Å². The van der Waals surface area contributed by atoms with Gasteiger partial charge >= 0.3 is 0 Å². The summed E-state index contributed by atoms with van der Waals surface area (Å²) in [6.45, 7) is 6.54. The van der Waals surface area contributed by atoms with Gasteiger partial charge in [0.1, 0.15) is 4.99 Å². The highest BCUT2D eigenvalue weighted by molar-refractivity contribution is 7.80. The smallest absolute Gasteiger partial charge is 0.227 e. The standard InChI is InChI=1S/C9H13N3OS/c1-6-9(14)11-8(13)4-7-5-10-2-3-12(6)7/h7,10H,1-5H2,(H,11,13,14). The molecule has 14 heavy (non-hydrogen) atoms. The maximum absolute atomic E-state index is 11.4. The summed E-state index contributed by atoms with van der Waals surface area (Å²) in [5, 5.41) is 5.93. The third-order valence-corrected chi connectivity index (χ3v) is 2.97. The summed E-state index contributed by atoms with van der Waals surface area (Å²) in [7, 11) is 0. The Balaban J connectivity index is 2.23. The summed E-state index contributed by atoms with van der Waals surface area (Å²) in [5.41, 5.74) is 0.775. The number of nitrogens with zero attached hydrogens (tertiary/aromatic N) is 1. The first-order valence-corrected chi connectivity index (χ1v) is 5.10. The maximum atomic E-state index is 11.4. The lowest BCUT2D eigenvalue weighted by molar-refractivity contribution is -0.120. The van der Waals surface area contributed by atoms with Crippen LogP contribution in [-0.2, 0) is 4.79 Å². The average molecular weight is 211 g/mol. The number of piperazine rings is 1. The predicted molar refractivity (Wildman–Crippen MR) is 57.9 cm³/mol. The fraction of sp³-hybridized carbons (Fsp3) is 0.556. The molecule has 2 N–H and O–H groups in total. The van der Waals surface area contributed by atoms with Crippen molar-refractivity contribution in [3.63, 3.8) is 0 Å². The van der Waals surface area contributed by atoms with Crippen LogP contribution in [-0.4, -0.2) is 41.5 Å². The monoisotopic (exact) mass is 211 g/mol. The highest BCUT2D eigenvalue weighted by atomic mass is 32.1. The van der Waals surface area contributed by atoms with Crippen LogP contribution in [0.1, 0.15) is 6.42 Å². The summed E-state index contributed by atoms with van der Waals surface area (Å²) in [4.78, 5) is 14.0. The summed E-state index contributed by atoms with van der Waals surface area (Å²) >= 11 is 5.07. The highest BCUT2D eigenvalue weighted by Gasteiger charge is 2.30. The van der Waals surface area contributed by atoms with Gasteiger partial charge in [-0.1, -0.05) is 18.8 Å². The predicted octanol–water partition coefficient (Wildman–Crippen LogP) is -0.379. The molecule has 0 aromatic rings. The zero-order valence-electron chi connectivity index (χ0n) is 7.88. The Kier molecular flexibility index (Phi) is 2.52. The Bertz CT molecular complexity index is 302. The maximum Gasteiger partial charge on any atom is 0.227 e. The molecule has 2 aliphatic rings. The number of carbonyl (C=O) groups excluding carboxylic acids is 1. The zero-order chi connectivity index (χ0) is 10.1. The molecule has 1 amide bonds. The molecular formula is C9H13N3OS. The second-order valence-corrected chi connectivity index (χ2v) is 3.99. The lowest BCUT2D eigenvalue weighted by atomic mass is 10.1. The molecule has 0 saturated carbocycles. The first-order valence-electron chi connectivity index (χ1n) is 4.69. The minimum atomic E-state index is -0.00708. The molecule has 2 fully saturated rings. The molecular weight excluding hydrogens is 198 g/mol. The molecule has 2 rings (SSSR count). The van der Waals surface area contributed by atoms with Crippen LogP contribution in [0.5, 0.6) is 0 Å². The first kappa shape index (κ1) is 9.61. The van der Waals surface area contributed by atoms with Crippen molar-refractivity contribution < 1.29 is 4.79 Å². The normalized spacial score (nSPS) is 28.1. The third-order valence-electron chi connectivity index (χ3n) is 2.63. The van der Waals surface area contributed by atoms with Gasteiger partial charge in [0.15, 0.2) is 0 Å². The van der Waals surface area contributed by atoms with Crippen molar-refractivity contribution in [2.75, 3.05) is 19.6 Å². The van der Waals surface area contributed by atoms with Gasteiger partial charge < -0.3 is 15.5 Å². The van der Waals surface area contributed by atoms with E-state index in [0.29, 0.717) is 11.4 Å². The van der Waals surface area contributed by atoms with E-state index in [-0.39, 0.29) is 11.9 Å². The Hall–Kier alpha value is -0.940. The fourth-order valence-electron chi connectivity index (χ4n) is 1.89. The van der Waals surface area contributed by atoms with E-state index in [1.54, 1.807) is 0 Å². The van der Waals surface area contributed by atoms with E-state index in [4.69, 9.17) is 12.2 Å². The van der Waals surface area contributed by atoms with Crippen LogP contribution in [0.3, 0.4) is 0 Å². The van der Waals surface area contributed by atoms with Crippen LogP contribution < -0.4 is 10.6 Å². The largest absolute Gasteiger partial charge is 0.364 e. The van der Waals surface area contributed by atoms with Crippen LogP contribution in [0.15, 0.2) is 12.3 Å². The molecule has 0 aromatic carbocycles. The minimum absolute atomic E-state index is 0.00708. The Morgan fingerprint density at radius 2 is 2.36 bits per heavy atom. The number of fused-ring (bicyclic) bond motifs is 1. The van der Waals surface area contributed by atoms with Gasteiger partial charge in [-0.2, -0.15) is 0 Å². The molecule has 2 saturated heterocycles. The van der Waals surface area contributed by atoms with E-state index in [0.717, 1.165) is 25.3 Å². The second-order valence-electron chi connectivity index (χ2n) is 3.58. The lowest BCUT2D eigenvalue weighted by Crippen LogP contribution is -2.50. The van der Waals surface area contributed by atoms with Gasteiger partial charge in [-0.25, -0.2) is 0 Å². The number of thiocarbonyl (C=S) groups is 1. The molecule has 0 aliphatic carbocycles. The lowest BCUT2D eigenvalue weighted by Gasteiger charge is -2.36. The number of carbonyl (C=O) groups is 1. The van der Waals surface area contributed by atoms with E-state index >= 15 is 0 Å². The highest BCUT2D eigenvalue weighted by Crippen LogP contribution is 2.17. The van der Waals surface area contributed by atoms with Gasteiger partial charge in [0.25, 0.3) is 0 Å². The Morgan fingerprint density at radius 1 is 1.57 bits per heavy atom. The number of hydrogen-bond acceptors (Lipinski definition) is 4. The fourth-order valence-corrected chi connectivity index (χ4v) is 2.12. The van der Waals surface area contributed by atoms with Crippen molar-refractivity contribution in [2.45, 2.75) is 12.5 Å². The van der Waals surface area contributed by atoms with E-state index in [1.165, 1.54) is 0 Å². The first-order chi connectivity index (χ1) is 6.68. The zero-order valence-corrected chi connectivity index (χ0v) is 8.69. The summed E-state index contributed by atoms with van der Waals surface area (Å²) in [6, 6.07) is 0.205. The van der Waals surface area contributed by atoms with Gasteiger partial charge in [0.05, 0.1) is 11.7 Å². The molecule has 76 valence electrons. The van der Waals surface area contributed by atoms with Crippen molar-refractivity contribution in [2.24, 2.45) is 0 Å². The molecule has 0 spiro atoms. The van der Waals surface area contributed by atoms with Crippen LogP contribution in [0.2, 0.25) is 0 Å². The van der Waals surface area contributed by atoms with Crippen molar-refractivity contribution in [1.29, 1.82) is 0 Å². The molecule has 2 heterocycles. The van der Waals surface area contributed by atoms with E-state index in [9.17, 15) is 4.79 Å². The van der Waals surface area contributed by atoms with Crippen LogP contribution in [0.25, 0.3) is 0 Å². The molecule has 4 nitrogen and oxygen atoms in total. The minimum Gasteiger partial charge on any atom is -0.364 e. The summed E-state index contributed by atoms with van der Waals surface area (Å²) in [5.74, 6) is -0.00708. The Morgan fingerprint density at radius 3 is 3.14 bits per heavy atom. The molecule has 1 atom stereocenters. The van der Waals surface area contributed by atoms with Crippen molar-refractivity contribution >= 4 is 23.1 Å². The quantitative estimate of drug-likeness (QED) is 0.423. The molecule has 1 unspecified atom stereocenters. The molecule has 2 aliphatic heterocycles. The SMILES string of the molecule is C=C1C(=S)NC(=O)CC2CNCCN12. The molecule has 5 heteroatoms. The Labute approximate surface area is 88.3 Å². The summed E-state index contributed by atoms with van der Waals surface area (Å²) in [6.07, 6.45) is 0.492. The number of rotatable bonds is 0. The van der Waals surface area contributed by atoms with Crippen molar-refractivity contribution in [3.8, 4) is 0 Å². The third kappa shape index (κ3) is 1.65. The van der Waals surface area contributed by atoms with Gasteiger partial charge in [0, 0.05) is 26.1 Å². The van der Waals surface area contributed by atoms with Crippen LogP contribution >= 0.6 is 12.2 Å². The average Bonchev–Trinajstić information content (AvgIpc) is 2.26. The van der Waals surface area contributed by atoms with Crippen molar-refractivity contribution in [3.05, 3.63) is 12.3 Å². The molecule has 0 aromatic heterocycles. The number of amides is 1. The van der Waals surface area contributed by atoms with Gasteiger partial charge in [-0.3, -0.25) is 4.79 Å². The summed E-state index contributed by atoms with van der Waals surface area (Å²) < 4.78 is 0. The van der Waals surface area contributed by atoms with Gasteiger partial charge in [-0.05, 0) is 0 Å². The van der Waals surface area contributed by atoms with Crippen LogP contribution in [0.4, 0.5) is 0 Å². The van der Waals surface area contributed by atoms with E-state index < -0.39 is 0 Å². The second kappa shape index (κ2) is 3.67. The van der Waals surface area contributed by atoms with Gasteiger partial charge in [-0.15, -0.1) is 0 Å². The van der Waals surface area contributed by atoms with E-state index in [1.807, 2.05) is 0 Å². The topological polar surface area (TPSA) is 44.4 Å². The van der Waals surface area contributed by atoms with Crippen molar-refractivity contribution in [1.82, 2.24) is 15.5 Å².